The van der Waals surface area contributed by atoms with Crippen LogP contribution in [0.25, 0.3) is 0 Å². The van der Waals surface area contributed by atoms with Gasteiger partial charge in [-0.1, -0.05) is 11.6 Å². The highest BCUT2D eigenvalue weighted by Crippen LogP contribution is 2.14. The van der Waals surface area contributed by atoms with E-state index in [0.717, 1.165) is 17.1 Å². The van der Waals surface area contributed by atoms with E-state index >= 15 is 0 Å². The van der Waals surface area contributed by atoms with E-state index < -0.39 is 0 Å². The van der Waals surface area contributed by atoms with Crippen molar-refractivity contribution in [3.05, 3.63) is 22.2 Å². The van der Waals surface area contributed by atoms with Crippen molar-refractivity contribution in [3.63, 3.8) is 0 Å². The zero-order valence-corrected chi connectivity index (χ0v) is 10.7. The van der Waals surface area contributed by atoms with Crippen molar-refractivity contribution in [1.29, 1.82) is 0 Å². The van der Waals surface area contributed by atoms with E-state index in [1.807, 2.05) is 13.8 Å². The molecule has 90 valence electrons. The zero-order valence-electron chi connectivity index (χ0n) is 9.92. The molecule has 0 N–H and O–H groups in total. The molecule has 4 nitrogen and oxygen atoms in total. The van der Waals surface area contributed by atoms with Crippen molar-refractivity contribution < 1.29 is 9.47 Å². The van der Waals surface area contributed by atoms with Gasteiger partial charge in [-0.05, 0) is 13.8 Å². The molecule has 0 atom stereocenters. The van der Waals surface area contributed by atoms with Gasteiger partial charge in [-0.15, -0.1) is 0 Å². The Balaban J connectivity index is 2.43. The second-order valence-electron chi connectivity index (χ2n) is 3.50. The first-order valence-corrected chi connectivity index (χ1v) is 5.59. The second-order valence-corrected chi connectivity index (χ2v) is 3.85. The SMILES string of the molecule is COCCOCCc1nc(C)c(C)c(Cl)n1. The van der Waals surface area contributed by atoms with Crippen LogP contribution in [0.3, 0.4) is 0 Å². The van der Waals surface area contributed by atoms with Gasteiger partial charge in [0.15, 0.2) is 0 Å². The van der Waals surface area contributed by atoms with Gasteiger partial charge in [0.25, 0.3) is 0 Å². The summed E-state index contributed by atoms with van der Waals surface area (Å²) < 4.78 is 10.2. The third-order valence-electron chi connectivity index (χ3n) is 2.28. The quantitative estimate of drug-likeness (QED) is 0.567. The number of ether oxygens (including phenoxy) is 2. The molecule has 0 radical (unpaired) electrons. The Kier molecular flexibility index (Phi) is 5.66. The number of methoxy groups -OCH3 is 1. The molecule has 0 aliphatic carbocycles. The molecule has 0 aliphatic heterocycles. The Morgan fingerprint density at radius 2 is 1.88 bits per heavy atom. The number of nitrogens with zero attached hydrogens (tertiary/aromatic N) is 2. The summed E-state index contributed by atoms with van der Waals surface area (Å²) in [6.07, 6.45) is 0.671. The van der Waals surface area contributed by atoms with Crippen LogP contribution in [0.15, 0.2) is 0 Å². The summed E-state index contributed by atoms with van der Waals surface area (Å²) >= 11 is 5.97. The van der Waals surface area contributed by atoms with Crippen molar-refractivity contribution in [3.8, 4) is 0 Å². The Morgan fingerprint density at radius 3 is 2.50 bits per heavy atom. The molecule has 1 aromatic heterocycles. The summed E-state index contributed by atoms with van der Waals surface area (Å²) in [5.41, 5.74) is 1.86. The van der Waals surface area contributed by atoms with Gasteiger partial charge in [-0.3, -0.25) is 0 Å². The molecule has 0 saturated carbocycles. The molecular weight excluding hydrogens is 228 g/mol. The van der Waals surface area contributed by atoms with Gasteiger partial charge >= 0.3 is 0 Å². The minimum Gasteiger partial charge on any atom is -0.382 e. The fraction of sp³-hybridized carbons (Fsp3) is 0.636. The minimum atomic E-state index is 0.527. The van der Waals surface area contributed by atoms with E-state index in [-0.39, 0.29) is 0 Å². The van der Waals surface area contributed by atoms with Crippen molar-refractivity contribution in [1.82, 2.24) is 9.97 Å². The normalized spacial score (nSPS) is 10.8. The standard InChI is InChI=1S/C11H17ClN2O2/c1-8-9(2)13-10(14-11(8)12)4-5-16-7-6-15-3/h4-7H2,1-3H3. The van der Waals surface area contributed by atoms with Crippen molar-refractivity contribution >= 4 is 11.6 Å². The first-order valence-electron chi connectivity index (χ1n) is 5.21. The van der Waals surface area contributed by atoms with Crippen LogP contribution in [-0.2, 0) is 15.9 Å². The Morgan fingerprint density at radius 1 is 1.12 bits per heavy atom. The van der Waals surface area contributed by atoms with E-state index in [1.54, 1.807) is 7.11 Å². The highest BCUT2D eigenvalue weighted by atomic mass is 35.5. The smallest absolute Gasteiger partial charge is 0.135 e. The van der Waals surface area contributed by atoms with Gasteiger partial charge in [0.05, 0.1) is 19.8 Å². The van der Waals surface area contributed by atoms with Gasteiger partial charge in [0, 0.05) is 24.8 Å². The molecule has 0 spiro atoms. The topological polar surface area (TPSA) is 44.2 Å². The van der Waals surface area contributed by atoms with Gasteiger partial charge in [0.1, 0.15) is 11.0 Å². The number of hydrogen-bond donors (Lipinski definition) is 0. The number of aryl methyl sites for hydroxylation is 1. The molecule has 1 rings (SSSR count). The molecule has 1 heterocycles. The van der Waals surface area contributed by atoms with Gasteiger partial charge < -0.3 is 9.47 Å². The third-order valence-corrected chi connectivity index (χ3v) is 2.65. The first-order chi connectivity index (χ1) is 7.65. The molecule has 0 aliphatic rings. The molecule has 0 aromatic carbocycles. The van der Waals surface area contributed by atoms with E-state index in [1.165, 1.54) is 0 Å². The zero-order chi connectivity index (χ0) is 12.0. The molecule has 0 unspecified atom stereocenters. The van der Waals surface area contributed by atoms with Gasteiger partial charge in [-0.2, -0.15) is 0 Å². The highest BCUT2D eigenvalue weighted by Gasteiger charge is 2.05. The summed E-state index contributed by atoms with van der Waals surface area (Å²) in [7, 11) is 1.65. The van der Waals surface area contributed by atoms with E-state index in [4.69, 9.17) is 21.1 Å². The first kappa shape index (κ1) is 13.4. The lowest BCUT2D eigenvalue weighted by Gasteiger charge is -2.06. The van der Waals surface area contributed by atoms with Crippen LogP contribution in [0.5, 0.6) is 0 Å². The predicted molar refractivity (Wildman–Crippen MR) is 62.9 cm³/mol. The Bertz CT molecular complexity index is 322. The minimum absolute atomic E-state index is 0.527. The number of hydrogen-bond acceptors (Lipinski definition) is 4. The molecule has 0 fully saturated rings. The molecule has 0 saturated heterocycles. The van der Waals surface area contributed by atoms with Crippen molar-refractivity contribution in [2.45, 2.75) is 20.3 Å². The molecule has 0 bridgehead atoms. The number of aromatic nitrogens is 2. The van der Waals surface area contributed by atoms with Crippen molar-refractivity contribution in [2.75, 3.05) is 26.9 Å². The van der Waals surface area contributed by atoms with Crippen molar-refractivity contribution in [2.24, 2.45) is 0 Å². The molecule has 5 heteroatoms. The van der Waals surface area contributed by atoms with Crippen LogP contribution in [0.2, 0.25) is 5.15 Å². The van der Waals surface area contributed by atoms with E-state index in [9.17, 15) is 0 Å². The fourth-order valence-corrected chi connectivity index (χ4v) is 1.40. The molecular formula is C11H17ClN2O2. The van der Waals surface area contributed by atoms with Gasteiger partial charge in [-0.25, -0.2) is 9.97 Å². The Labute approximate surface area is 101 Å². The van der Waals surface area contributed by atoms with Crippen LogP contribution in [0.1, 0.15) is 17.1 Å². The lowest BCUT2D eigenvalue weighted by molar-refractivity contribution is 0.0716. The molecule has 16 heavy (non-hydrogen) atoms. The summed E-state index contributed by atoms with van der Waals surface area (Å²) in [5.74, 6) is 0.727. The molecule has 0 amide bonds. The van der Waals surface area contributed by atoms with Crippen LogP contribution >= 0.6 is 11.6 Å². The van der Waals surface area contributed by atoms with Crippen LogP contribution in [-0.4, -0.2) is 36.9 Å². The Hall–Kier alpha value is -0.710. The largest absolute Gasteiger partial charge is 0.382 e. The van der Waals surface area contributed by atoms with Crippen LogP contribution < -0.4 is 0 Å². The maximum atomic E-state index is 5.97. The average molecular weight is 245 g/mol. The number of rotatable bonds is 6. The van der Waals surface area contributed by atoms with E-state index in [2.05, 4.69) is 9.97 Å². The maximum absolute atomic E-state index is 5.97. The van der Waals surface area contributed by atoms with Gasteiger partial charge in [0.2, 0.25) is 0 Å². The highest BCUT2D eigenvalue weighted by molar-refractivity contribution is 6.30. The van der Waals surface area contributed by atoms with Crippen LogP contribution in [0.4, 0.5) is 0 Å². The summed E-state index contributed by atoms with van der Waals surface area (Å²) in [4.78, 5) is 8.54. The second kappa shape index (κ2) is 6.78. The maximum Gasteiger partial charge on any atom is 0.135 e. The lowest BCUT2D eigenvalue weighted by atomic mass is 10.2. The predicted octanol–water partition coefficient (Wildman–Crippen LogP) is 1.95. The third kappa shape index (κ3) is 4.04. The monoisotopic (exact) mass is 244 g/mol. The van der Waals surface area contributed by atoms with Crippen LogP contribution in [0, 0.1) is 13.8 Å². The number of halogens is 1. The summed E-state index contributed by atoms with van der Waals surface area (Å²) in [6, 6.07) is 0. The van der Waals surface area contributed by atoms with E-state index in [0.29, 0.717) is 31.4 Å². The fourth-order valence-electron chi connectivity index (χ4n) is 1.17. The molecule has 1 aromatic rings. The summed E-state index contributed by atoms with van der Waals surface area (Å²) in [5, 5.41) is 0.527. The lowest BCUT2D eigenvalue weighted by Crippen LogP contribution is -2.08. The summed E-state index contributed by atoms with van der Waals surface area (Å²) in [6.45, 7) is 5.63. The average Bonchev–Trinajstić information content (AvgIpc) is 2.25.